The van der Waals surface area contributed by atoms with Crippen molar-refractivity contribution >= 4 is 31.9 Å². The van der Waals surface area contributed by atoms with E-state index in [4.69, 9.17) is 0 Å². The summed E-state index contributed by atoms with van der Waals surface area (Å²) >= 11 is 7.47. The van der Waals surface area contributed by atoms with Gasteiger partial charge in [0.15, 0.2) is 0 Å². The minimum absolute atomic E-state index is 0.436. The van der Waals surface area contributed by atoms with Gasteiger partial charge in [0.05, 0.1) is 0 Å². The molecular weight excluding hydrogens is 512 g/mol. The van der Waals surface area contributed by atoms with Gasteiger partial charge in [-0.1, -0.05) is 87.2 Å². The molecule has 0 bridgehead atoms. The van der Waals surface area contributed by atoms with Crippen LogP contribution in [0.5, 0.6) is 0 Å². The summed E-state index contributed by atoms with van der Waals surface area (Å²) in [5.74, 6) is 1.74. The van der Waals surface area contributed by atoms with Crippen LogP contribution in [-0.4, -0.2) is 4.57 Å². The highest BCUT2D eigenvalue weighted by molar-refractivity contribution is 9.10. The van der Waals surface area contributed by atoms with Crippen LogP contribution in [0, 0.1) is 0 Å². The van der Waals surface area contributed by atoms with E-state index in [0.717, 1.165) is 8.95 Å². The molecule has 0 spiro atoms. The van der Waals surface area contributed by atoms with Gasteiger partial charge >= 0.3 is 0 Å². The van der Waals surface area contributed by atoms with Crippen molar-refractivity contribution in [3.63, 3.8) is 0 Å². The highest BCUT2D eigenvalue weighted by Gasteiger charge is 2.25. The molecule has 2 aromatic carbocycles. The number of imidazole rings is 1. The number of hydrogen-bond acceptors (Lipinski definition) is 0. The molecule has 2 nitrogen and oxygen atoms in total. The summed E-state index contributed by atoms with van der Waals surface area (Å²) in [4.78, 5) is 0. The van der Waals surface area contributed by atoms with Crippen molar-refractivity contribution in [2.45, 2.75) is 79.1 Å². The summed E-state index contributed by atoms with van der Waals surface area (Å²) in [5, 5.41) is 0. The van der Waals surface area contributed by atoms with Crippen molar-refractivity contribution in [1.82, 2.24) is 4.57 Å². The first-order valence-corrected chi connectivity index (χ1v) is 12.9. The van der Waals surface area contributed by atoms with E-state index in [1.54, 1.807) is 0 Å². The Hall–Kier alpha value is -1.39. The van der Waals surface area contributed by atoms with Gasteiger partial charge in [0.1, 0.15) is 23.8 Å². The van der Waals surface area contributed by atoms with E-state index in [-0.39, 0.29) is 0 Å². The molecule has 0 aliphatic rings. The van der Waals surface area contributed by atoms with Crippen molar-refractivity contribution < 1.29 is 4.57 Å². The zero-order valence-corrected chi connectivity index (χ0v) is 23.2. The lowest BCUT2D eigenvalue weighted by Gasteiger charge is -2.18. The Morgan fingerprint density at radius 3 is 1.42 bits per heavy atom. The molecule has 0 radical (unpaired) electrons. The van der Waals surface area contributed by atoms with Gasteiger partial charge in [-0.2, -0.15) is 0 Å². The van der Waals surface area contributed by atoms with Gasteiger partial charge < -0.3 is 0 Å². The monoisotopic (exact) mass is 545 g/mol. The summed E-state index contributed by atoms with van der Waals surface area (Å²) in [6, 6.07) is 9.09. The third kappa shape index (κ3) is 5.01. The van der Waals surface area contributed by atoms with Crippen LogP contribution in [0.1, 0.15) is 101 Å². The van der Waals surface area contributed by atoms with E-state index >= 15 is 0 Å². The topological polar surface area (TPSA) is 8.81 Å². The van der Waals surface area contributed by atoms with Gasteiger partial charge in [-0.25, -0.2) is 9.13 Å². The van der Waals surface area contributed by atoms with Crippen molar-refractivity contribution in [2.24, 2.45) is 0 Å². The third-order valence-corrected chi connectivity index (χ3v) is 6.82. The summed E-state index contributed by atoms with van der Waals surface area (Å²) in [5.41, 5.74) is 8.08. The number of hydrogen-bond donors (Lipinski definition) is 0. The van der Waals surface area contributed by atoms with Crippen molar-refractivity contribution in [2.75, 3.05) is 0 Å². The smallest absolute Gasteiger partial charge is 0.201 e. The van der Waals surface area contributed by atoms with E-state index in [0.29, 0.717) is 23.7 Å². The Morgan fingerprint density at radius 2 is 1.03 bits per heavy atom. The second-order valence-corrected chi connectivity index (χ2v) is 11.5. The van der Waals surface area contributed by atoms with Crippen LogP contribution in [0.4, 0.5) is 0 Å². The molecule has 0 unspecified atom stereocenters. The summed E-state index contributed by atoms with van der Waals surface area (Å²) in [6.07, 6.45) is 6.66. The molecule has 1 aromatic heterocycles. The summed E-state index contributed by atoms with van der Waals surface area (Å²) < 4.78 is 6.93. The molecule has 3 rings (SSSR count). The Kier molecular flexibility index (Phi) is 7.53. The van der Waals surface area contributed by atoms with Gasteiger partial charge in [0, 0.05) is 31.2 Å². The molecule has 0 aliphatic carbocycles. The molecular formula is C27H35Br2N2+. The fourth-order valence-corrected chi connectivity index (χ4v) is 5.25. The van der Waals surface area contributed by atoms with Crippen molar-refractivity contribution in [1.29, 1.82) is 0 Å². The predicted octanol–water partition coefficient (Wildman–Crippen LogP) is 8.77. The SMILES string of the molecule is CC(C)c1cc(Br)cc(C(C)C)c1-n1cc[n+](-c2c(C(C)C)cc(Br)cc2C(C)C)c1. The molecule has 31 heavy (non-hydrogen) atoms. The average Bonchev–Trinajstić information content (AvgIpc) is 3.15. The molecule has 166 valence electrons. The maximum atomic E-state index is 3.74. The lowest BCUT2D eigenvalue weighted by molar-refractivity contribution is -0.596. The van der Waals surface area contributed by atoms with Crippen LogP contribution in [0.3, 0.4) is 0 Å². The van der Waals surface area contributed by atoms with Gasteiger partial charge in [0.25, 0.3) is 6.33 Å². The van der Waals surface area contributed by atoms with Crippen molar-refractivity contribution in [3.05, 3.63) is 74.2 Å². The normalized spacial score (nSPS) is 12.1. The van der Waals surface area contributed by atoms with Gasteiger partial charge in [0.2, 0.25) is 0 Å². The highest BCUT2D eigenvalue weighted by atomic mass is 79.9. The standard InChI is InChI=1S/C27H35Br2N2/c1-16(2)22-11-20(28)12-23(17(3)4)26(22)30-9-10-31(15-30)27-24(18(5)6)13-21(29)14-25(27)19(7)8/h9-19H,1-8H3/q+1. The predicted molar refractivity (Wildman–Crippen MR) is 139 cm³/mol. The number of rotatable bonds is 6. The Labute approximate surface area is 205 Å². The molecule has 0 aliphatic heterocycles. The van der Waals surface area contributed by atoms with E-state index in [1.165, 1.54) is 33.6 Å². The number of halogens is 2. The van der Waals surface area contributed by atoms with Crippen LogP contribution in [0.2, 0.25) is 0 Å². The van der Waals surface area contributed by atoms with E-state index in [9.17, 15) is 0 Å². The molecule has 0 saturated heterocycles. The van der Waals surface area contributed by atoms with Crippen LogP contribution in [-0.2, 0) is 0 Å². The first-order valence-electron chi connectivity index (χ1n) is 11.3. The Morgan fingerprint density at radius 1 is 0.645 bits per heavy atom. The van der Waals surface area contributed by atoms with Gasteiger partial charge in [-0.3, -0.25) is 0 Å². The average molecular weight is 547 g/mol. The lowest BCUT2D eigenvalue weighted by Crippen LogP contribution is -2.32. The maximum absolute atomic E-state index is 3.74. The van der Waals surface area contributed by atoms with Crippen LogP contribution in [0.25, 0.3) is 11.4 Å². The van der Waals surface area contributed by atoms with Crippen LogP contribution >= 0.6 is 31.9 Å². The summed E-state index contributed by atoms with van der Waals surface area (Å²) in [6.45, 7) is 18.2. The molecule has 0 N–H and O–H groups in total. The first-order chi connectivity index (χ1) is 14.5. The number of benzene rings is 2. The molecule has 3 aromatic rings. The molecule has 0 atom stereocenters. The zero-order valence-electron chi connectivity index (χ0n) is 20.0. The Balaban J connectivity index is 2.28. The van der Waals surface area contributed by atoms with E-state index in [1.807, 2.05) is 0 Å². The highest BCUT2D eigenvalue weighted by Crippen LogP contribution is 2.35. The first kappa shape index (κ1) is 24.3. The van der Waals surface area contributed by atoms with Gasteiger partial charge in [-0.05, 0) is 47.9 Å². The second kappa shape index (κ2) is 9.62. The van der Waals surface area contributed by atoms with E-state index < -0.39 is 0 Å². The molecule has 0 saturated carbocycles. The molecule has 4 heteroatoms. The zero-order chi connectivity index (χ0) is 23.0. The minimum Gasteiger partial charge on any atom is -0.201 e. The minimum atomic E-state index is 0.436. The quantitative estimate of drug-likeness (QED) is 0.273. The van der Waals surface area contributed by atoms with Gasteiger partial charge in [-0.15, -0.1) is 0 Å². The molecule has 1 heterocycles. The lowest BCUT2D eigenvalue weighted by atomic mass is 9.92. The number of aromatic nitrogens is 2. The van der Waals surface area contributed by atoms with E-state index in [2.05, 4.69) is 139 Å². The largest absolute Gasteiger partial charge is 0.254 e. The molecule has 0 fully saturated rings. The van der Waals surface area contributed by atoms with Crippen molar-refractivity contribution in [3.8, 4) is 11.4 Å². The van der Waals surface area contributed by atoms with Crippen LogP contribution in [0.15, 0.2) is 51.9 Å². The maximum Gasteiger partial charge on any atom is 0.254 e. The number of nitrogens with zero attached hydrogens (tertiary/aromatic N) is 2. The van der Waals surface area contributed by atoms with Crippen LogP contribution < -0.4 is 4.57 Å². The summed E-state index contributed by atoms with van der Waals surface area (Å²) in [7, 11) is 0. The fraction of sp³-hybridized carbons (Fsp3) is 0.444. The molecule has 0 amide bonds. The Bertz CT molecular complexity index is 933. The second-order valence-electron chi connectivity index (χ2n) is 9.71. The third-order valence-electron chi connectivity index (χ3n) is 5.91. The fourth-order valence-electron chi connectivity index (χ4n) is 4.26.